The molecule has 6 heteroatoms. The predicted octanol–water partition coefficient (Wildman–Crippen LogP) is 1.83. The van der Waals surface area contributed by atoms with Gasteiger partial charge in [-0.1, -0.05) is 0 Å². The highest BCUT2D eigenvalue weighted by molar-refractivity contribution is 5.57. The number of fused-ring (bicyclic) bond motifs is 1. The van der Waals surface area contributed by atoms with Crippen LogP contribution in [0, 0.1) is 11.0 Å². The van der Waals surface area contributed by atoms with Gasteiger partial charge in [0.2, 0.25) is 0 Å². The van der Waals surface area contributed by atoms with E-state index in [-0.39, 0.29) is 35.0 Å². The average Bonchev–Trinajstić information content (AvgIpc) is 2.86. The van der Waals surface area contributed by atoms with Crippen LogP contribution in [0.3, 0.4) is 0 Å². The highest BCUT2D eigenvalue weighted by atomic mass is 19.1. The molecule has 1 aliphatic heterocycles. The van der Waals surface area contributed by atoms with Crippen LogP contribution in [-0.2, 0) is 4.74 Å². The number of nitrogens with zero attached hydrogens (tertiary/aromatic N) is 1. The van der Waals surface area contributed by atoms with E-state index in [0.29, 0.717) is 0 Å². The number of epoxide rings is 1. The summed E-state index contributed by atoms with van der Waals surface area (Å²) < 4.78 is 23.8. The van der Waals surface area contributed by atoms with E-state index in [1.807, 2.05) is 0 Å². The number of rotatable bonds is 3. The van der Waals surface area contributed by atoms with Gasteiger partial charge in [0, 0.05) is 18.9 Å². The van der Waals surface area contributed by atoms with Gasteiger partial charge in [0.1, 0.15) is 17.7 Å². The van der Waals surface area contributed by atoms with E-state index in [9.17, 15) is 9.60 Å². The Balaban J connectivity index is 1.78. The van der Waals surface area contributed by atoms with Crippen molar-refractivity contribution in [3.8, 4) is 5.75 Å². The topological polar surface area (TPSA) is 68.3 Å². The molecular formula is C11H11FNO4-. The van der Waals surface area contributed by atoms with Crippen LogP contribution < -0.4 is 9.96 Å². The second-order valence-corrected chi connectivity index (χ2v) is 4.31. The van der Waals surface area contributed by atoms with Crippen LogP contribution in [0.2, 0.25) is 0 Å². The van der Waals surface area contributed by atoms with Gasteiger partial charge in [-0.15, -0.1) is 0 Å². The monoisotopic (exact) mass is 240 g/mol. The van der Waals surface area contributed by atoms with Gasteiger partial charge in [-0.2, -0.15) is 0 Å². The zero-order valence-corrected chi connectivity index (χ0v) is 8.88. The lowest BCUT2D eigenvalue weighted by Crippen LogP contribution is -2.17. The summed E-state index contributed by atoms with van der Waals surface area (Å²) in [6.07, 6.45) is 1.89. The second-order valence-electron chi connectivity index (χ2n) is 4.31. The first-order valence-corrected chi connectivity index (χ1v) is 5.41. The molecule has 2 fully saturated rings. The molecule has 1 aromatic carbocycles. The third-order valence-electron chi connectivity index (χ3n) is 3.10. The van der Waals surface area contributed by atoms with Crippen LogP contribution in [0.1, 0.15) is 12.8 Å². The normalized spacial score (nSPS) is 29.9. The van der Waals surface area contributed by atoms with Crippen molar-refractivity contribution in [1.82, 2.24) is 0 Å². The minimum atomic E-state index is -0.509. The predicted molar refractivity (Wildman–Crippen MR) is 56.3 cm³/mol. The standard InChI is InChI=1S/C11H11FNO4/c12-6-1-2-8(13(14)15)9(3-6)16-7-4-10-11(5-7)17-10/h1-3,7,10-11,14H,4-5H2/q-1. The van der Waals surface area contributed by atoms with Gasteiger partial charge in [0.15, 0.2) is 0 Å². The van der Waals surface area contributed by atoms with Crippen molar-refractivity contribution in [3.63, 3.8) is 0 Å². The molecule has 0 aromatic heterocycles. The first-order valence-electron chi connectivity index (χ1n) is 5.41. The maximum absolute atomic E-state index is 13.1. The quantitative estimate of drug-likeness (QED) is 0.644. The lowest BCUT2D eigenvalue weighted by atomic mass is 10.2. The average molecular weight is 240 g/mol. The Labute approximate surface area is 96.9 Å². The second kappa shape index (κ2) is 3.83. The highest BCUT2D eigenvalue weighted by Gasteiger charge is 2.49. The van der Waals surface area contributed by atoms with Gasteiger partial charge >= 0.3 is 0 Å². The zero-order chi connectivity index (χ0) is 12.0. The van der Waals surface area contributed by atoms with Crippen LogP contribution in [-0.4, -0.2) is 23.5 Å². The summed E-state index contributed by atoms with van der Waals surface area (Å²) in [5.41, 5.74) is -0.0899. The van der Waals surface area contributed by atoms with E-state index in [2.05, 4.69) is 0 Å². The van der Waals surface area contributed by atoms with Crippen LogP contribution in [0.4, 0.5) is 10.1 Å². The molecule has 3 rings (SSSR count). The number of hydrogen-bond donors (Lipinski definition) is 1. The Hall–Kier alpha value is -1.37. The number of benzene rings is 1. The van der Waals surface area contributed by atoms with Crippen molar-refractivity contribution in [1.29, 1.82) is 0 Å². The molecule has 2 aliphatic rings. The SMILES string of the molecule is [O-]N(O)c1ccc(F)cc1OC1CC2OC2C1. The fourth-order valence-electron chi connectivity index (χ4n) is 2.22. The van der Waals surface area contributed by atoms with Gasteiger partial charge < -0.3 is 19.9 Å². The van der Waals surface area contributed by atoms with Crippen LogP contribution in [0.15, 0.2) is 18.2 Å². The van der Waals surface area contributed by atoms with E-state index < -0.39 is 5.82 Å². The first kappa shape index (κ1) is 10.8. The molecule has 0 bridgehead atoms. The third kappa shape index (κ3) is 2.06. The zero-order valence-electron chi connectivity index (χ0n) is 8.88. The van der Waals surface area contributed by atoms with E-state index in [1.165, 1.54) is 6.07 Å². The molecule has 17 heavy (non-hydrogen) atoms. The van der Waals surface area contributed by atoms with E-state index >= 15 is 0 Å². The number of halogens is 1. The summed E-state index contributed by atoms with van der Waals surface area (Å²) in [5.74, 6) is -0.446. The van der Waals surface area contributed by atoms with E-state index in [1.54, 1.807) is 0 Å². The van der Waals surface area contributed by atoms with Crippen molar-refractivity contribution < 1.29 is 19.1 Å². The Morgan fingerprint density at radius 1 is 1.41 bits per heavy atom. The molecular weight excluding hydrogens is 229 g/mol. The maximum Gasteiger partial charge on any atom is 0.147 e. The number of anilines is 1. The number of ether oxygens (including phenoxy) is 2. The van der Waals surface area contributed by atoms with Gasteiger partial charge in [0.05, 0.1) is 17.9 Å². The molecule has 1 aliphatic carbocycles. The smallest absolute Gasteiger partial charge is 0.147 e. The molecule has 2 atom stereocenters. The maximum atomic E-state index is 13.1. The summed E-state index contributed by atoms with van der Waals surface area (Å²) in [7, 11) is 0. The van der Waals surface area contributed by atoms with Crippen molar-refractivity contribution in [2.24, 2.45) is 0 Å². The molecule has 1 saturated heterocycles. The lowest BCUT2D eigenvalue weighted by molar-refractivity contribution is 0.149. The fourth-order valence-corrected chi connectivity index (χ4v) is 2.22. The fraction of sp³-hybridized carbons (Fsp3) is 0.455. The molecule has 2 unspecified atom stereocenters. The lowest BCUT2D eigenvalue weighted by Gasteiger charge is -2.26. The van der Waals surface area contributed by atoms with E-state index in [0.717, 1.165) is 25.0 Å². The van der Waals surface area contributed by atoms with E-state index in [4.69, 9.17) is 14.7 Å². The summed E-state index contributed by atoms with van der Waals surface area (Å²) in [6.45, 7) is 0. The minimum absolute atomic E-state index is 0.0637. The van der Waals surface area contributed by atoms with Gasteiger partial charge in [0.25, 0.3) is 0 Å². The van der Waals surface area contributed by atoms with Crippen molar-refractivity contribution >= 4 is 5.69 Å². The molecule has 5 nitrogen and oxygen atoms in total. The first-order chi connectivity index (χ1) is 8.13. The Morgan fingerprint density at radius 3 is 2.76 bits per heavy atom. The van der Waals surface area contributed by atoms with Crippen molar-refractivity contribution in [2.45, 2.75) is 31.2 Å². The largest absolute Gasteiger partial charge is 0.733 e. The molecule has 0 spiro atoms. The Bertz CT molecular complexity index is 429. The molecule has 1 saturated carbocycles. The van der Waals surface area contributed by atoms with Crippen LogP contribution >= 0.6 is 0 Å². The number of hydrogen-bond acceptors (Lipinski definition) is 5. The summed E-state index contributed by atoms with van der Waals surface area (Å²) >= 11 is 0. The molecule has 1 N–H and O–H groups in total. The molecule has 0 radical (unpaired) electrons. The molecule has 92 valence electrons. The van der Waals surface area contributed by atoms with Gasteiger partial charge in [-0.3, -0.25) is 5.21 Å². The third-order valence-corrected chi connectivity index (χ3v) is 3.10. The minimum Gasteiger partial charge on any atom is -0.733 e. The summed E-state index contributed by atoms with van der Waals surface area (Å²) in [6, 6.07) is 3.38. The molecule has 1 aromatic rings. The van der Waals surface area contributed by atoms with Crippen molar-refractivity contribution in [2.75, 3.05) is 5.23 Å². The van der Waals surface area contributed by atoms with Crippen LogP contribution in [0.25, 0.3) is 0 Å². The van der Waals surface area contributed by atoms with Crippen molar-refractivity contribution in [3.05, 3.63) is 29.2 Å². The van der Waals surface area contributed by atoms with Crippen LogP contribution in [0.5, 0.6) is 5.75 Å². The molecule has 1 heterocycles. The summed E-state index contributed by atoms with van der Waals surface area (Å²) in [4.78, 5) is 0. The summed E-state index contributed by atoms with van der Waals surface area (Å²) in [5, 5.41) is 19.4. The Morgan fingerprint density at radius 2 is 2.12 bits per heavy atom. The molecule has 0 amide bonds. The van der Waals surface area contributed by atoms with Gasteiger partial charge in [-0.25, -0.2) is 4.39 Å². The van der Waals surface area contributed by atoms with Gasteiger partial charge in [-0.05, 0) is 12.1 Å². The highest BCUT2D eigenvalue weighted by Crippen LogP contribution is 2.41. The Kier molecular flexibility index (Phi) is 2.43.